The average molecular weight is 411 g/mol. The second-order valence-corrected chi connectivity index (χ2v) is 7.53. The quantitative estimate of drug-likeness (QED) is 0.438. The Morgan fingerprint density at radius 3 is 2.75 bits per heavy atom. The summed E-state index contributed by atoms with van der Waals surface area (Å²) >= 11 is 6.76. The predicted octanol–water partition coefficient (Wildman–Crippen LogP) is 4.31. The Morgan fingerprint density at radius 1 is 1.29 bits per heavy atom. The molecule has 142 valence electrons. The number of carbonyl (C=O) groups is 1. The number of aromatic nitrogens is 2. The monoisotopic (exact) mass is 410 g/mol. The number of hydrogen-bond donors (Lipinski definition) is 3. The van der Waals surface area contributed by atoms with Gasteiger partial charge in [-0.15, -0.1) is 11.3 Å². The molecule has 0 radical (unpaired) electrons. The van der Waals surface area contributed by atoms with Gasteiger partial charge < -0.3 is 20.8 Å². The molecule has 1 atom stereocenters. The van der Waals surface area contributed by atoms with Gasteiger partial charge in [-0.3, -0.25) is 0 Å². The van der Waals surface area contributed by atoms with Crippen molar-refractivity contribution in [1.29, 1.82) is 0 Å². The van der Waals surface area contributed by atoms with Gasteiger partial charge in [0.15, 0.2) is 4.77 Å². The number of H-pyrrole nitrogens is 1. The van der Waals surface area contributed by atoms with Crippen LogP contribution in [0.5, 0.6) is 0 Å². The topological polar surface area (TPSA) is 93.0 Å². The van der Waals surface area contributed by atoms with Gasteiger partial charge >= 0.3 is 5.97 Å². The van der Waals surface area contributed by atoms with E-state index < -0.39 is 5.92 Å². The number of anilines is 2. The number of nitrogens with zero attached hydrogens (tertiary/aromatic N) is 1. The third-order valence-corrected chi connectivity index (χ3v) is 5.61. The minimum Gasteiger partial charge on any atom is -0.463 e. The van der Waals surface area contributed by atoms with E-state index in [0.717, 1.165) is 10.4 Å². The van der Waals surface area contributed by atoms with E-state index in [9.17, 15) is 4.79 Å². The third-order valence-electron chi connectivity index (χ3n) is 4.48. The third kappa shape index (κ3) is 3.21. The van der Waals surface area contributed by atoms with E-state index in [2.05, 4.69) is 15.3 Å². The maximum atomic E-state index is 13.1. The van der Waals surface area contributed by atoms with Crippen LogP contribution in [0.2, 0.25) is 0 Å². The summed E-state index contributed by atoms with van der Waals surface area (Å²) in [5.41, 5.74) is 8.99. The Bertz CT molecular complexity index is 1100. The zero-order chi connectivity index (χ0) is 19.7. The first-order chi connectivity index (χ1) is 13.6. The van der Waals surface area contributed by atoms with Gasteiger partial charge in [-0.2, -0.15) is 0 Å². The van der Waals surface area contributed by atoms with Crippen LogP contribution in [-0.2, 0) is 9.53 Å². The van der Waals surface area contributed by atoms with Gasteiger partial charge in [0.25, 0.3) is 0 Å². The molecule has 28 heavy (non-hydrogen) atoms. The van der Waals surface area contributed by atoms with Crippen LogP contribution >= 0.6 is 23.6 Å². The van der Waals surface area contributed by atoms with Crippen molar-refractivity contribution in [2.75, 3.05) is 17.7 Å². The molecule has 0 spiro atoms. The van der Waals surface area contributed by atoms with Gasteiger partial charge in [0.2, 0.25) is 0 Å². The first-order valence-electron chi connectivity index (χ1n) is 8.77. The zero-order valence-corrected chi connectivity index (χ0v) is 16.7. The molecule has 1 aliphatic rings. The van der Waals surface area contributed by atoms with Crippen LogP contribution in [-0.4, -0.2) is 22.5 Å². The molecule has 6 nitrogen and oxygen atoms in total. The molecule has 4 N–H and O–H groups in total. The van der Waals surface area contributed by atoms with Gasteiger partial charge in [-0.25, -0.2) is 9.78 Å². The molecule has 0 aliphatic carbocycles. The molecule has 0 saturated carbocycles. The summed E-state index contributed by atoms with van der Waals surface area (Å²) in [6.45, 7) is 2.07. The van der Waals surface area contributed by atoms with Crippen molar-refractivity contribution >= 4 is 46.9 Å². The number of hydrogen-bond acceptors (Lipinski definition) is 7. The molecule has 2 aromatic heterocycles. The number of thiophene rings is 1. The summed E-state index contributed by atoms with van der Waals surface area (Å²) in [6, 6.07) is 13.6. The second kappa shape index (κ2) is 7.57. The zero-order valence-electron chi connectivity index (χ0n) is 15.1. The van der Waals surface area contributed by atoms with Crippen molar-refractivity contribution in [3.63, 3.8) is 0 Å². The van der Waals surface area contributed by atoms with Gasteiger partial charge in [-0.1, -0.05) is 36.4 Å². The fourth-order valence-corrected chi connectivity index (χ4v) is 4.41. The summed E-state index contributed by atoms with van der Waals surface area (Å²) in [6.07, 6.45) is 0. The molecule has 3 heterocycles. The molecular weight excluding hydrogens is 392 g/mol. The lowest BCUT2D eigenvalue weighted by atomic mass is 9.84. The second-order valence-electron chi connectivity index (χ2n) is 6.17. The minimum atomic E-state index is -0.412. The van der Waals surface area contributed by atoms with Crippen molar-refractivity contribution in [3.8, 4) is 0 Å². The number of benzene rings is 1. The van der Waals surface area contributed by atoms with E-state index >= 15 is 0 Å². The van der Waals surface area contributed by atoms with E-state index in [-0.39, 0.29) is 17.3 Å². The summed E-state index contributed by atoms with van der Waals surface area (Å²) in [7, 11) is 0. The van der Waals surface area contributed by atoms with Crippen molar-refractivity contribution < 1.29 is 9.53 Å². The number of rotatable bonds is 4. The fourth-order valence-electron chi connectivity index (χ4n) is 3.36. The largest absolute Gasteiger partial charge is 0.463 e. The van der Waals surface area contributed by atoms with Crippen molar-refractivity contribution in [2.45, 2.75) is 12.8 Å². The molecule has 4 rings (SSSR count). The summed E-state index contributed by atoms with van der Waals surface area (Å²) < 4.78 is 5.69. The van der Waals surface area contributed by atoms with Crippen LogP contribution in [0.15, 0.2) is 53.4 Å². The highest BCUT2D eigenvalue weighted by Gasteiger charge is 2.38. The lowest BCUT2D eigenvalue weighted by Gasteiger charge is -2.30. The van der Waals surface area contributed by atoms with E-state index in [1.165, 1.54) is 0 Å². The number of nitrogen functional groups attached to an aromatic ring is 1. The lowest BCUT2D eigenvalue weighted by molar-refractivity contribution is -0.138. The number of nitrogens with two attached hydrogens (primary N) is 1. The van der Waals surface area contributed by atoms with Gasteiger partial charge in [-0.05, 0) is 36.2 Å². The SMILES string of the molecule is CCOC(=O)C1=C(c2ccccc2)Nc2nc(=S)[nH]c(N)c2C1c1cccs1. The van der Waals surface area contributed by atoms with Crippen molar-refractivity contribution in [1.82, 2.24) is 9.97 Å². The Kier molecular flexibility index (Phi) is 4.97. The van der Waals surface area contributed by atoms with E-state index in [1.807, 2.05) is 47.8 Å². The maximum absolute atomic E-state index is 13.1. The molecule has 0 amide bonds. The average Bonchev–Trinajstić information content (AvgIpc) is 3.21. The Labute approximate surface area is 171 Å². The normalized spacial score (nSPS) is 15.7. The molecule has 3 aromatic rings. The highest BCUT2D eigenvalue weighted by molar-refractivity contribution is 7.71. The molecule has 0 saturated heterocycles. The van der Waals surface area contributed by atoms with Gasteiger partial charge in [0.1, 0.15) is 11.6 Å². The molecule has 8 heteroatoms. The molecule has 1 aliphatic heterocycles. The Balaban J connectivity index is 2.04. The number of aromatic amines is 1. The molecular formula is C20H18N4O2S2. The lowest BCUT2D eigenvalue weighted by Crippen LogP contribution is -2.26. The summed E-state index contributed by atoms with van der Waals surface area (Å²) in [4.78, 5) is 21.4. The van der Waals surface area contributed by atoms with Crippen LogP contribution in [0.4, 0.5) is 11.6 Å². The minimum absolute atomic E-state index is 0.277. The first-order valence-corrected chi connectivity index (χ1v) is 10.1. The predicted molar refractivity (Wildman–Crippen MR) is 114 cm³/mol. The van der Waals surface area contributed by atoms with E-state index in [0.29, 0.717) is 28.5 Å². The Hall–Kier alpha value is -2.97. The smallest absolute Gasteiger partial charge is 0.337 e. The van der Waals surface area contributed by atoms with Gasteiger partial charge in [0.05, 0.1) is 23.8 Å². The van der Waals surface area contributed by atoms with E-state index in [4.69, 9.17) is 22.7 Å². The highest BCUT2D eigenvalue weighted by atomic mass is 32.1. The van der Waals surface area contributed by atoms with Crippen LogP contribution in [0.25, 0.3) is 5.70 Å². The summed E-state index contributed by atoms with van der Waals surface area (Å²) in [5.74, 6) is 0.131. The van der Waals surface area contributed by atoms with E-state index in [1.54, 1.807) is 18.3 Å². The highest BCUT2D eigenvalue weighted by Crippen LogP contribution is 2.46. The number of ether oxygens (including phenoxy) is 1. The summed E-state index contributed by atoms with van der Waals surface area (Å²) in [5, 5.41) is 5.25. The van der Waals surface area contributed by atoms with Crippen LogP contribution in [0, 0.1) is 4.77 Å². The number of esters is 1. The number of nitrogens with one attached hydrogen (secondary N) is 2. The van der Waals surface area contributed by atoms with Crippen LogP contribution in [0.1, 0.15) is 28.8 Å². The Morgan fingerprint density at radius 2 is 2.07 bits per heavy atom. The number of fused-ring (bicyclic) bond motifs is 1. The van der Waals surface area contributed by atoms with Crippen LogP contribution < -0.4 is 11.1 Å². The van der Waals surface area contributed by atoms with Crippen molar-refractivity contribution in [2.24, 2.45) is 0 Å². The first kappa shape index (κ1) is 18.4. The molecule has 1 unspecified atom stereocenters. The van der Waals surface area contributed by atoms with Crippen LogP contribution in [0.3, 0.4) is 0 Å². The molecule has 1 aromatic carbocycles. The molecule has 0 fully saturated rings. The van der Waals surface area contributed by atoms with Gasteiger partial charge in [0, 0.05) is 10.4 Å². The number of carbonyl (C=O) groups excluding carboxylic acids is 1. The standard InChI is InChI=1S/C20H18N4O2S2/c1-2-26-19(25)14-13(12-9-6-10-28-12)15-17(21)23-20(27)24-18(15)22-16(14)11-7-4-3-5-8-11/h3-10,13H,2H2,1H3,(H4,21,22,23,24,27). The fraction of sp³-hybridized carbons (Fsp3) is 0.150. The maximum Gasteiger partial charge on any atom is 0.337 e. The van der Waals surface area contributed by atoms with Crippen molar-refractivity contribution in [3.05, 3.63) is 74.2 Å². The molecule has 0 bridgehead atoms.